The van der Waals surface area contributed by atoms with Crippen LogP contribution in [0.4, 0.5) is 10.1 Å². The van der Waals surface area contributed by atoms with Crippen LogP contribution < -0.4 is 5.43 Å². The minimum absolute atomic E-state index is 0.313. The van der Waals surface area contributed by atoms with E-state index in [2.05, 4.69) is 22.7 Å². The van der Waals surface area contributed by atoms with Crippen LogP contribution in [0.25, 0.3) is 10.9 Å². The van der Waals surface area contributed by atoms with Crippen molar-refractivity contribution in [3.63, 3.8) is 0 Å². The van der Waals surface area contributed by atoms with Gasteiger partial charge in [0.25, 0.3) is 0 Å². The largest absolute Gasteiger partial charge is 0.276 e. The molecule has 0 unspecified atom stereocenters. The van der Waals surface area contributed by atoms with Gasteiger partial charge >= 0.3 is 0 Å². The average Bonchev–Trinajstić information content (AvgIpc) is 2.70. The van der Waals surface area contributed by atoms with Gasteiger partial charge in [-0.2, -0.15) is 5.10 Å². The molecule has 0 atom stereocenters. The minimum atomic E-state index is -0.313. The molecule has 1 N–H and O–H groups in total. The predicted molar refractivity (Wildman–Crippen MR) is 105 cm³/mol. The van der Waals surface area contributed by atoms with Crippen LogP contribution in [-0.4, -0.2) is 11.2 Å². The number of halogens is 1. The Morgan fingerprint density at radius 2 is 1.77 bits per heavy atom. The van der Waals surface area contributed by atoms with Gasteiger partial charge in [0, 0.05) is 22.6 Å². The molecule has 4 rings (SSSR count). The van der Waals surface area contributed by atoms with Gasteiger partial charge in [0.05, 0.1) is 17.4 Å². The number of aromatic nitrogens is 1. The van der Waals surface area contributed by atoms with Gasteiger partial charge in [-0.05, 0) is 37.1 Å². The number of nitrogens with zero attached hydrogens (tertiary/aromatic N) is 2. The third-order valence-electron chi connectivity index (χ3n) is 5.05. The van der Waals surface area contributed by atoms with Crippen LogP contribution in [0.3, 0.4) is 0 Å². The third kappa shape index (κ3) is 3.59. The van der Waals surface area contributed by atoms with E-state index in [1.807, 2.05) is 18.2 Å². The topological polar surface area (TPSA) is 37.3 Å². The van der Waals surface area contributed by atoms with Gasteiger partial charge in [0.15, 0.2) is 0 Å². The Morgan fingerprint density at radius 1 is 1.00 bits per heavy atom. The highest BCUT2D eigenvalue weighted by Gasteiger charge is 2.18. The molecule has 0 radical (unpaired) electrons. The molecule has 3 nitrogen and oxygen atoms in total. The van der Waals surface area contributed by atoms with E-state index < -0.39 is 0 Å². The monoisotopic (exact) mass is 347 g/mol. The van der Waals surface area contributed by atoms with Gasteiger partial charge < -0.3 is 0 Å². The second kappa shape index (κ2) is 7.65. The Morgan fingerprint density at radius 3 is 2.62 bits per heavy atom. The molecule has 132 valence electrons. The Labute approximate surface area is 153 Å². The number of pyridine rings is 1. The lowest BCUT2D eigenvalue weighted by Crippen LogP contribution is -2.07. The number of hydrazone groups is 1. The average molecular weight is 347 g/mol. The normalized spacial score (nSPS) is 15.6. The second-order valence-electron chi connectivity index (χ2n) is 6.84. The van der Waals surface area contributed by atoms with E-state index in [-0.39, 0.29) is 5.82 Å². The Kier molecular flexibility index (Phi) is 4.91. The molecule has 0 aliphatic heterocycles. The number of nitrogens with one attached hydrogen (secondary N) is 1. The van der Waals surface area contributed by atoms with Crippen LogP contribution in [-0.2, 0) is 0 Å². The van der Waals surface area contributed by atoms with Crippen molar-refractivity contribution in [1.29, 1.82) is 0 Å². The maximum atomic E-state index is 13.7. The molecule has 0 saturated heterocycles. The zero-order chi connectivity index (χ0) is 17.8. The van der Waals surface area contributed by atoms with E-state index in [4.69, 9.17) is 4.98 Å². The molecule has 2 aromatic carbocycles. The molecule has 1 aliphatic rings. The molecule has 0 spiro atoms. The van der Waals surface area contributed by atoms with Crippen LogP contribution in [0.15, 0.2) is 59.7 Å². The standard InChI is InChI=1S/C22H22FN3/c23-19-11-5-7-13-21(19)26-24-15-17-14-22(16-8-2-1-3-9-16)25-20-12-6-4-10-18(17)20/h4-7,10-16,26H,1-3,8-9H2/b24-15+. The maximum absolute atomic E-state index is 13.7. The van der Waals surface area contributed by atoms with Crippen molar-refractivity contribution < 1.29 is 4.39 Å². The molecular weight excluding hydrogens is 325 g/mol. The zero-order valence-corrected chi connectivity index (χ0v) is 14.7. The van der Waals surface area contributed by atoms with E-state index in [1.54, 1.807) is 24.4 Å². The fourth-order valence-corrected chi connectivity index (χ4v) is 3.66. The van der Waals surface area contributed by atoms with Crippen LogP contribution in [0.1, 0.15) is 49.3 Å². The fraction of sp³-hybridized carbons (Fsp3) is 0.273. The summed E-state index contributed by atoms with van der Waals surface area (Å²) in [6.45, 7) is 0. The molecule has 0 amide bonds. The first-order chi connectivity index (χ1) is 12.8. The minimum Gasteiger partial charge on any atom is -0.276 e. The van der Waals surface area contributed by atoms with E-state index in [9.17, 15) is 4.39 Å². The lowest BCUT2D eigenvalue weighted by molar-refractivity contribution is 0.437. The maximum Gasteiger partial charge on any atom is 0.148 e. The lowest BCUT2D eigenvalue weighted by Gasteiger charge is -2.21. The SMILES string of the molecule is Fc1ccccc1N/N=C/c1cc(C2CCCCC2)nc2ccccc12. The number of para-hydroxylation sites is 2. The van der Waals surface area contributed by atoms with E-state index in [0.717, 1.165) is 22.2 Å². The van der Waals surface area contributed by atoms with Gasteiger partial charge in [0.1, 0.15) is 5.82 Å². The quantitative estimate of drug-likeness (QED) is 0.473. The number of benzene rings is 2. The van der Waals surface area contributed by atoms with Crippen molar-refractivity contribution in [2.24, 2.45) is 5.10 Å². The van der Waals surface area contributed by atoms with Crippen molar-refractivity contribution >= 4 is 22.8 Å². The van der Waals surface area contributed by atoms with Crippen molar-refractivity contribution in [1.82, 2.24) is 4.98 Å². The number of fused-ring (bicyclic) bond motifs is 1. The first-order valence-corrected chi connectivity index (χ1v) is 9.24. The Balaban J connectivity index is 1.66. The molecule has 3 aromatic rings. The van der Waals surface area contributed by atoms with Crippen LogP contribution in [0.2, 0.25) is 0 Å². The number of hydrogen-bond donors (Lipinski definition) is 1. The Bertz CT molecular complexity index is 930. The second-order valence-corrected chi connectivity index (χ2v) is 6.84. The molecular formula is C22H22FN3. The molecule has 4 heteroatoms. The van der Waals surface area contributed by atoms with Crippen LogP contribution in [0, 0.1) is 5.82 Å². The van der Waals surface area contributed by atoms with Crippen molar-refractivity contribution in [2.75, 3.05) is 5.43 Å². The predicted octanol–water partition coefficient (Wildman–Crippen LogP) is 5.87. The highest BCUT2D eigenvalue weighted by molar-refractivity contribution is 5.98. The molecule has 1 saturated carbocycles. The van der Waals surface area contributed by atoms with Crippen molar-refractivity contribution in [2.45, 2.75) is 38.0 Å². The molecule has 0 bridgehead atoms. The summed E-state index contributed by atoms with van der Waals surface area (Å²) < 4.78 is 13.7. The summed E-state index contributed by atoms with van der Waals surface area (Å²) >= 11 is 0. The van der Waals surface area contributed by atoms with Gasteiger partial charge in [0.2, 0.25) is 0 Å². The van der Waals surface area contributed by atoms with E-state index in [0.29, 0.717) is 11.6 Å². The molecule has 1 aromatic heterocycles. The summed E-state index contributed by atoms with van der Waals surface area (Å²) in [5, 5.41) is 5.33. The van der Waals surface area contributed by atoms with Gasteiger partial charge in [-0.1, -0.05) is 49.6 Å². The van der Waals surface area contributed by atoms with E-state index in [1.165, 1.54) is 38.2 Å². The molecule has 1 aliphatic carbocycles. The van der Waals surface area contributed by atoms with Gasteiger partial charge in [-0.15, -0.1) is 0 Å². The zero-order valence-electron chi connectivity index (χ0n) is 14.7. The highest BCUT2D eigenvalue weighted by atomic mass is 19.1. The number of anilines is 1. The number of hydrogen-bond acceptors (Lipinski definition) is 3. The van der Waals surface area contributed by atoms with Crippen molar-refractivity contribution in [3.8, 4) is 0 Å². The summed E-state index contributed by atoms with van der Waals surface area (Å²) in [5.74, 6) is 0.215. The molecule has 1 fully saturated rings. The van der Waals surface area contributed by atoms with Gasteiger partial charge in [-0.3, -0.25) is 10.4 Å². The summed E-state index contributed by atoms with van der Waals surface area (Å²) in [5.41, 5.74) is 6.32. The first kappa shape index (κ1) is 16.7. The van der Waals surface area contributed by atoms with E-state index >= 15 is 0 Å². The van der Waals surface area contributed by atoms with Crippen LogP contribution >= 0.6 is 0 Å². The smallest absolute Gasteiger partial charge is 0.148 e. The van der Waals surface area contributed by atoms with Gasteiger partial charge in [-0.25, -0.2) is 4.39 Å². The first-order valence-electron chi connectivity index (χ1n) is 9.24. The lowest BCUT2D eigenvalue weighted by atomic mass is 9.86. The summed E-state index contributed by atoms with van der Waals surface area (Å²) in [4.78, 5) is 4.90. The molecule has 1 heterocycles. The number of rotatable bonds is 4. The van der Waals surface area contributed by atoms with Crippen LogP contribution in [0.5, 0.6) is 0 Å². The van der Waals surface area contributed by atoms with Crippen molar-refractivity contribution in [3.05, 3.63) is 71.7 Å². The fourth-order valence-electron chi connectivity index (χ4n) is 3.66. The summed E-state index contributed by atoms with van der Waals surface area (Å²) in [6, 6.07) is 16.8. The molecule has 26 heavy (non-hydrogen) atoms. The highest BCUT2D eigenvalue weighted by Crippen LogP contribution is 2.33. The Hall–Kier alpha value is -2.75. The third-order valence-corrected chi connectivity index (χ3v) is 5.05. The summed E-state index contributed by atoms with van der Waals surface area (Å²) in [6.07, 6.45) is 8.05. The summed E-state index contributed by atoms with van der Waals surface area (Å²) in [7, 11) is 0.